The number of nitrogens with zero attached hydrogens (tertiary/aromatic N) is 1. The van der Waals surface area contributed by atoms with Crippen LogP contribution in [0.3, 0.4) is 0 Å². The van der Waals surface area contributed by atoms with Crippen LogP contribution in [0.4, 0.5) is 5.69 Å². The van der Waals surface area contributed by atoms with Gasteiger partial charge < -0.3 is 16.0 Å². The van der Waals surface area contributed by atoms with Crippen LogP contribution in [-0.4, -0.2) is 36.1 Å². The first kappa shape index (κ1) is 13.6. The summed E-state index contributed by atoms with van der Waals surface area (Å²) in [4.78, 5) is 2.68. The van der Waals surface area contributed by atoms with Gasteiger partial charge in [-0.2, -0.15) is 0 Å². The maximum Gasteiger partial charge on any atom is 0.107 e. The Labute approximate surface area is 118 Å². The molecule has 1 aliphatic rings. The van der Waals surface area contributed by atoms with Gasteiger partial charge in [-0.15, -0.1) is 0 Å². The molecule has 1 heterocycles. The van der Waals surface area contributed by atoms with E-state index < -0.39 is 0 Å². The maximum atomic E-state index is 6.15. The highest BCUT2D eigenvalue weighted by atomic mass is 35.5. The van der Waals surface area contributed by atoms with Crippen molar-refractivity contribution in [1.29, 1.82) is 0 Å². The average Bonchev–Trinajstić information content (AvgIpc) is 2.32. The number of hydrogen-bond acceptors (Lipinski definition) is 3. The summed E-state index contributed by atoms with van der Waals surface area (Å²) in [5.41, 5.74) is 7.45. The molecule has 3 nitrogen and oxygen atoms in total. The second-order valence-electron chi connectivity index (χ2n) is 4.75. The van der Waals surface area contributed by atoms with Crippen LogP contribution in [0.2, 0.25) is 5.02 Å². The van der Waals surface area contributed by atoms with Crippen LogP contribution in [-0.2, 0) is 0 Å². The molecule has 1 aliphatic heterocycles. The molecule has 0 unspecified atom stereocenters. The van der Waals surface area contributed by atoms with Crippen LogP contribution in [0.5, 0.6) is 0 Å². The quantitative estimate of drug-likeness (QED) is 0.837. The highest BCUT2D eigenvalue weighted by Crippen LogP contribution is 2.26. The van der Waals surface area contributed by atoms with Crippen molar-refractivity contribution in [3.8, 4) is 0 Å². The van der Waals surface area contributed by atoms with Crippen molar-refractivity contribution in [2.24, 2.45) is 5.73 Å². The lowest BCUT2D eigenvalue weighted by molar-refractivity contribution is 0.264. The molecule has 18 heavy (non-hydrogen) atoms. The highest BCUT2D eigenvalue weighted by Gasteiger charge is 2.18. The Morgan fingerprint density at radius 2 is 2.11 bits per heavy atom. The number of anilines is 1. The molecular weight excluding hydrogens is 266 g/mol. The number of piperidine rings is 1. The zero-order valence-corrected chi connectivity index (χ0v) is 12.0. The largest absolute Gasteiger partial charge is 0.389 e. The van der Waals surface area contributed by atoms with E-state index in [1.54, 1.807) is 0 Å². The Hall–Kier alpha value is -0.840. The molecule has 0 amide bonds. The van der Waals surface area contributed by atoms with Crippen LogP contribution in [0.1, 0.15) is 18.4 Å². The van der Waals surface area contributed by atoms with Crippen LogP contribution in [0.15, 0.2) is 18.2 Å². The van der Waals surface area contributed by atoms with E-state index in [2.05, 4.69) is 17.3 Å². The predicted octanol–water partition coefficient (Wildman–Crippen LogP) is 2.48. The number of rotatable bonds is 3. The summed E-state index contributed by atoms with van der Waals surface area (Å²) >= 11 is 11.2. The molecule has 1 aromatic carbocycles. The van der Waals surface area contributed by atoms with Gasteiger partial charge in [0, 0.05) is 11.7 Å². The fraction of sp³-hybridized carbons (Fsp3) is 0.462. The van der Waals surface area contributed by atoms with E-state index in [9.17, 15) is 0 Å². The molecule has 3 N–H and O–H groups in total. The Balaban J connectivity index is 2.14. The molecule has 2 rings (SSSR count). The molecular formula is C13H18ClN3S. The molecule has 0 bridgehead atoms. The first-order chi connectivity index (χ1) is 8.58. The molecule has 0 aromatic heterocycles. The third kappa shape index (κ3) is 3.13. The van der Waals surface area contributed by atoms with E-state index in [0.29, 0.717) is 16.1 Å². The number of likely N-dealkylation sites (tertiary alicyclic amines) is 1. The third-order valence-corrected chi connectivity index (χ3v) is 3.86. The topological polar surface area (TPSA) is 41.3 Å². The van der Waals surface area contributed by atoms with Gasteiger partial charge >= 0.3 is 0 Å². The minimum atomic E-state index is 0.344. The van der Waals surface area contributed by atoms with Crippen molar-refractivity contribution in [3.05, 3.63) is 28.8 Å². The molecule has 98 valence electrons. The number of thiocarbonyl (C=S) groups is 1. The van der Waals surface area contributed by atoms with Crippen LogP contribution < -0.4 is 11.1 Å². The van der Waals surface area contributed by atoms with Gasteiger partial charge in [0.15, 0.2) is 0 Å². The van der Waals surface area contributed by atoms with E-state index in [1.165, 1.54) is 0 Å². The van der Waals surface area contributed by atoms with E-state index in [4.69, 9.17) is 29.6 Å². The lowest BCUT2D eigenvalue weighted by atomic mass is 10.0. The van der Waals surface area contributed by atoms with Gasteiger partial charge in [-0.3, -0.25) is 0 Å². The standard InChI is InChI=1S/C13H18ClN3S/c1-17-7-5-9(6-8-17)16-11-4-2-3-10(14)12(11)13(15)18/h2-4,9,16H,5-8H2,1H3,(H2,15,18). The summed E-state index contributed by atoms with van der Waals surface area (Å²) in [5.74, 6) is 0. The SMILES string of the molecule is CN1CCC(Nc2cccc(Cl)c2C(N)=S)CC1. The molecule has 0 spiro atoms. The molecule has 0 atom stereocenters. The first-order valence-electron chi connectivity index (χ1n) is 6.11. The van der Waals surface area contributed by atoms with E-state index in [1.807, 2.05) is 18.2 Å². The Bertz CT molecular complexity index is 442. The number of benzene rings is 1. The van der Waals surface area contributed by atoms with Gasteiger partial charge in [0.1, 0.15) is 4.99 Å². The van der Waals surface area contributed by atoms with E-state index in [0.717, 1.165) is 37.2 Å². The summed E-state index contributed by atoms with van der Waals surface area (Å²) in [6.45, 7) is 2.22. The summed E-state index contributed by atoms with van der Waals surface area (Å²) in [6, 6.07) is 6.18. The zero-order valence-electron chi connectivity index (χ0n) is 10.4. The Kier molecular flexibility index (Phi) is 4.43. The Morgan fingerprint density at radius 3 is 2.72 bits per heavy atom. The van der Waals surface area contributed by atoms with Gasteiger partial charge in [-0.05, 0) is 45.1 Å². The van der Waals surface area contributed by atoms with Gasteiger partial charge in [0.2, 0.25) is 0 Å². The molecule has 1 aromatic rings. The monoisotopic (exact) mass is 283 g/mol. The van der Waals surface area contributed by atoms with Crippen molar-refractivity contribution in [1.82, 2.24) is 4.90 Å². The highest BCUT2D eigenvalue weighted by molar-refractivity contribution is 7.80. The Morgan fingerprint density at radius 1 is 1.44 bits per heavy atom. The third-order valence-electron chi connectivity index (χ3n) is 3.34. The summed E-state index contributed by atoms with van der Waals surface area (Å²) in [5, 5.41) is 4.13. The number of nitrogens with two attached hydrogens (primary N) is 1. The fourth-order valence-electron chi connectivity index (χ4n) is 2.27. The number of nitrogens with one attached hydrogen (secondary N) is 1. The summed E-state index contributed by atoms with van der Waals surface area (Å²) < 4.78 is 0. The zero-order chi connectivity index (χ0) is 13.1. The van der Waals surface area contributed by atoms with Crippen LogP contribution in [0, 0.1) is 0 Å². The lowest BCUT2D eigenvalue weighted by Crippen LogP contribution is -2.37. The number of hydrogen-bond donors (Lipinski definition) is 2. The molecule has 0 saturated carbocycles. The van der Waals surface area contributed by atoms with Crippen molar-refractivity contribution in [2.45, 2.75) is 18.9 Å². The fourth-order valence-corrected chi connectivity index (χ4v) is 2.82. The van der Waals surface area contributed by atoms with Crippen LogP contribution >= 0.6 is 23.8 Å². The van der Waals surface area contributed by atoms with Crippen molar-refractivity contribution < 1.29 is 0 Å². The minimum absolute atomic E-state index is 0.344. The van der Waals surface area contributed by atoms with E-state index in [-0.39, 0.29) is 0 Å². The van der Waals surface area contributed by atoms with Gasteiger partial charge in [0.25, 0.3) is 0 Å². The summed E-state index contributed by atoms with van der Waals surface area (Å²) in [7, 11) is 2.15. The van der Waals surface area contributed by atoms with Crippen molar-refractivity contribution in [2.75, 3.05) is 25.5 Å². The molecule has 0 radical (unpaired) electrons. The molecule has 1 fully saturated rings. The van der Waals surface area contributed by atoms with E-state index >= 15 is 0 Å². The predicted molar refractivity (Wildman–Crippen MR) is 81.5 cm³/mol. The number of halogens is 1. The van der Waals surface area contributed by atoms with Crippen LogP contribution in [0.25, 0.3) is 0 Å². The summed E-state index contributed by atoms with van der Waals surface area (Å²) in [6.07, 6.45) is 2.25. The molecule has 1 saturated heterocycles. The maximum absolute atomic E-state index is 6.15. The molecule has 0 aliphatic carbocycles. The van der Waals surface area contributed by atoms with Crippen molar-refractivity contribution >= 4 is 34.5 Å². The van der Waals surface area contributed by atoms with Crippen molar-refractivity contribution in [3.63, 3.8) is 0 Å². The van der Waals surface area contributed by atoms with Gasteiger partial charge in [-0.25, -0.2) is 0 Å². The average molecular weight is 284 g/mol. The molecule has 5 heteroatoms. The minimum Gasteiger partial charge on any atom is -0.389 e. The normalized spacial score (nSPS) is 17.7. The first-order valence-corrected chi connectivity index (χ1v) is 6.90. The second kappa shape index (κ2) is 5.87. The van der Waals surface area contributed by atoms with Gasteiger partial charge in [0.05, 0.1) is 10.6 Å². The van der Waals surface area contributed by atoms with Gasteiger partial charge in [-0.1, -0.05) is 29.9 Å². The lowest BCUT2D eigenvalue weighted by Gasteiger charge is -2.30. The second-order valence-corrected chi connectivity index (χ2v) is 5.60. The smallest absolute Gasteiger partial charge is 0.107 e.